The number of nitrogens with two attached hydrogens (primary N) is 1. The average Bonchev–Trinajstić information content (AvgIpc) is 2.33. The highest BCUT2D eigenvalue weighted by atomic mass is 19.1. The zero-order chi connectivity index (χ0) is 12.3. The topological polar surface area (TPSA) is 61.2 Å². The van der Waals surface area contributed by atoms with Crippen molar-refractivity contribution < 1.29 is 24.5 Å². The highest BCUT2D eigenvalue weighted by Gasteiger charge is 2.28. The van der Waals surface area contributed by atoms with Gasteiger partial charge in [0, 0.05) is 5.56 Å². The van der Waals surface area contributed by atoms with Crippen LogP contribution in [0.15, 0.2) is 24.3 Å². The van der Waals surface area contributed by atoms with Crippen molar-refractivity contribution in [2.24, 2.45) is 0 Å². The molecule has 92 valence electrons. The molecule has 0 aromatic heterocycles. The molecule has 4 nitrogen and oxygen atoms in total. The fraction of sp³-hybridized carbons (Fsp3) is 0.417. The third-order valence-electron chi connectivity index (χ3n) is 3.19. The Labute approximate surface area is 99.0 Å². The van der Waals surface area contributed by atoms with Crippen LogP contribution in [0.2, 0.25) is 0 Å². The van der Waals surface area contributed by atoms with Crippen molar-refractivity contribution in [1.29, 1.82) is 0 Å². The van der Waals surface area contributed by atoms with E-state index in [0.29, 0.717) is 5.56 Å². The molecule has 1 fully saturated rings. The predicted molar refractivity (Wildman–Crippen MR) is 56.5 cm³/mol. The second kappa shape index (κ2) is 5.25. The van der Waals surface area contributed by atoms with Gasteiger partial charge >= 0.3 is 0 Å². The molecule has 0 aliphatic carbocycles. The Morgan fingerprint density at radius 2 is 1.88 bits per heavy atom. The van der Waals surface area contributed by atoms with Crippen LogP contribution in [0, 0.1) is 5.82 Å². The van der Waals surface area contributed by atoms with E-state index in [2.05, 4.69) is 5.32 Å². The van der Waals surface area contributed by atoms with Crippen molar-refractivity contribution >= 4 is 5.97 Å². The summed E-state index contributed by atoms with van der Waals surface area (Å²) in [4.78, 5) is 12.2. The smallest absolute Gasteiger partial charge is 0.154 e. The molecule has 1 aromatic rings. The number of carboxylic acid groups (broad SMARTS) is 1. The Morgan fingerprint density at radius 1 is 1.29 bits per heavy atom. The molecule has 1 heterocycles. The van der Waals surface area contributed by atoms with E-state index in [4.69, 9.17) is 0 Å². The zero-order valence-corrected chi connectivity index (χ0v) is 9.49. The summed E-state index contributed by atoms with van der Waals surface area (Å²) < 4.78 is 12.8. The van der Waals surface area contributed by atoms with Crippen LogP contribution in [0.1, 0.15) is 11.6 Å². The Kier molecular flexibility index (Phi) is 3.71. The minimum absolute atomic E-state index is 0.354. The summed E-state index contributed by atoms with van der Waals surface area (Å²) in [7, 11) is 0. The minimum Gasteiger partial charge on any atom is -0.544 e. The van der Waals surface area contributed by atoms with Crippen LogP contribution in [0.5, 0.6) is 0 Å². The molecule has 1 aliphatic rings. The van der Waals surface area contributed by atoms with Gasteiger partial charge in [-0.2, -0.15) is 0 Å². The second-order valence-electron chi connectivity index (χ2n) is 4.33. The number of hydrogen-bond acceptors (Lipinski definition) is 2. The zero-order valence-electron chi connectivity index (χ0n) is 9.49. The van der Waals surface area contributed by atoms with Crippen LogP contribution >= 0.6 is 0 Å². The van der Waals surface area contributed by atoms with Crippen molar-refractivity contribution in [1.82, 2.24) is 0 Å². The summed E-state index contributed by atoms with van der Waals surface area (Å²) in [5.41, 5.74) is 0.614. The van der Waals surface area contributed by atoms with Crippen molar-refractivity contribution in [3.63, 3.8) is 0 Å². The van der Waals surface area contributed by atoms with Gasteiger partial charge in [0.15, 0.2) is 6.04 Å². The molecule has 0 radical (unpaired) electrons. The number of carbonyl (C=O) groups is 1. The van der Waals surface area contributed by atoms with Gasteiger partial charge in [-0.3, -0.25) is 0 Å². The van der Waals surface area contributed by atoms with Gasteiger partial charge in [0.2, 0.25) is 0 Å². The van der Waals surface area contributed by atoms with E-state index in [-0.39, 0.29) is 5.82 Å². The first-order chi connectivity index (χ1) is 8.18. The minimum atomic E-state index is -1.09. The van der Waals surface area contributed by atoms with Crippen molar-refractivity contribution in [2.45, 2.75) is 6.04 Å². The average molecular weight is 239 g/mol. The first-order valence-corrected chi connectivity index (χ1v) is 5.81. The predicted octanol–water partition coefficient (Wildman–Crippen LogP) is -2.92. The van der Waals surface area contributed by atoms with Crippen LogP contribution in [-0.2, 0) is 4.79 Å². The van der Waals surface area contributed by atoms with Gasteiger partial charge in [0.05, 0.1) is 0 Å². The van der Waals surface area contributed by atoms with Crippen LogP contribution in [-0.4, -0.2) is 32.1 Å². The number of benzene rings is 1. The molecule has 3 N–H and O–H groups in total. The van der Waals surface area contributed by atoms with Gasteiger partial charge in [-0.15, -0.1) is 0 Å². The summed E-state index contributed by atoms with van der Waals surface area (Å²) in [5.74, 6) is -1.44. The molecular formula is C12H16FN2O2+. The number of carboxylic acids is 1. The van der Waals surface area contributed by atoms with Gasteiger partial charge in [0.25, 0.3) is 0 Å². The maximum atomic E-state index is 12.8. The van der Waals surface area contributed by atoms with E-state index >= 15 is 0 Å². The third-order valence-corrected chi connectivity index (χ3v) is 3.19. The molecule has 17 heavy (non-hydrogen) atoms. The standard InChI is InChI=1S/C12H15FN2O2/c13-10-3-1-9(2-4-10)11(12(16)17)15-7-5-14-6-8-15/h1-4,11,14H,5-8H2,(H,16,17)/p+1/t11-/m1/s1. The molecule has 2 rings (SSSR count). The summed E-state index contributed by atoms with van der Waals surface area (Å²) in [6.45, 7) is 3.41. The lowest BCUT2D eigenvalue weighted by atomic mass is 10.0. The van der Waals surface area contributed by atoms with E-state index < -0.39 is 12.0 Å². The van der Waals surface area contributed by atoms with E-state index in [1.807, 2.05) is 0 Å². The van der Waals surface area contributed by atoms with Gasteiger partial charge in [0.1, 0.15) is 38.0 Å². The second-order valence-corrected chi connectivity index (χ2v) is 4.33. The Balaban J connectivity index is 2.21. The number of piperazine rings is 1. The third kappa shape index (κ3) is 2.81. The fourth-order valence-electron chi connectivity index (χ4n) is 2.33. The Bertz CT molecular complexity index is 388. The van der Waals surface area contributed by atoms with Crippen LogP contribution < -0.4 is 15.3 Å². The van der Waals surface area contributed by atoms with Gasteiger partial charge < -0.3 is 20.1 Å². The van der Waals surface area contributed by atoms with Crippen molar-refractivity contribution in [2.75, 3.05) is 26.2 Å². The van der Waals surface area contributed by atoms with Crippen LogP contribution in [0.4, 0.5) is 4.39 Å². The summed E-state index contributed by atoms with van der Waals surface area (Å²) >= 11 is 0. The molecule has 0 amide bonds. The Morgan fingerprint density at radius 3 is 2.41 bits per heavy atom. The first kappa shape index (κ1) is 12.0. The molecule has 1 aromatic carbocycles. The van der Waals surface area contributed by atoms with E-state index in [9.17, 15) is 14.3 Å². The lowest BCUT2D eigenvalue weighted by Crippen LogP contribution is -3.21. The molecule has 0 bridgehead atoms. The lowest BCUT2D eigenvalue weighted by Gasteiger charge is -2.31. The van der Waals surface area contributed by atoms with Gasteiger partial charge in [-0.1, -0.05) is 0 Å². The van der Waals surface area contributed by atoms with Crippen molar-refractivity contribution in [3.8, 4) is 0 Å². The quantitative estimate of drug-likeness (QED) is 0.593. The number of rotatable bonds is 3. The largest absolute Gasteiger partial charge is 0.544 e. The number of nitrogens with one attached hydrogen (secondary N) is 1. The number of aliphatic carboxylic acids is 1. The van der Waals surface area contributed by atoms with Gasteiger partial charge in [-0.25, -0.2) is 4.39 Å². The highest BCUT2D eigenvalue weighted by molar-refractivity contribution is 5.71. The van der Waals surface area contributed by atoms with E-state index in [1.54, 1.807) is 0 Å². The molecule has 5 heteroatoms. The lowest BCUT2D eigenvalue weighted by molar-refractivity contribution is -0.966. The molecule has 0 saturated carbocycles. The van der Waals surface area contributed by atoms with E-state index in [0.717, 1.165) is 31.1 Å². The summed E-state index contributed by atoms with van der Waals surface area (Å²) in [6, 6.07) is 4.95. The molecule has 1 aliphatic heterocycles. The van der Waals surface area contributed by atoms with Crippen LogP contribution in [0.25, 0.3) is 0 Å². The molecular weight excluding hydrogens is 223 g/mol. The normalized spacial score (nSPS) is 18.9. The maximum absolute atomic E-state index is 12.8. The fourth-order valence-corrected chi connectivity index (χ4v) is 2.33. The molecule has 0 unspecified atom stereocenters. The number of hydrogen-bond donors (Lipinski definition) is 2. The number of halogens is 1. The van der Waals surface area contributed by atoms with E-state index in [1.165, 1.54) is 24.3 Å². The summed E-state index contributed by atoms with van der Waals surface area (Å²) in [6.07, 6.45) is 0. The maximum Gasteiger partial charge on any atom is 0.154 e. The number of quaternary nitrogens is 2. The number of carbonyl (C=O) groups excluding carboxylic acids is 1. The van der Waals surface area contributed by atoms with Gasteiger partial charge in [-0.05, 0) is 24.3 Å². The van der Waals surface area contributed by atoms with Crippen molar-refractivity contribution in [3.05, 3.63) is 35.6 Å². The SMILES string of the molecule is O=C([O-])[C@@H](c1ccc(F)cc1)[NH+]1CC[NH2+]CC1. The monoisotopic (exact) mass is 239 g/mol. The molecule has 1 atom stereocenters. The highest BCUT2D eigenvalue weighted by Crippen LogP contribution is 2.10. The summed E-state index contributed by atoms with van der Waals surface area (Å²) in [5, 5.41) is 13.4. The first-order valence-electron chi connectivity index (χ1n) is 5.81. The molecule has 1 saturated heterocycles. The molecule has 0 spiro atoms. The Hall–Kier alpha value is -1.46. The van der Waals surface area contributed by atoms with Crippen LogP contribution in [0.3, 0.4) is 0 Å².